The van der Waals surface area contributed by atoms with Gasteiger partial charge in [0, 0.05) is 17.8 Å². The number of anilines is 1. The van der Waals surface area contributed by atoms with Gasteiger partial charge in [-0.05, 0) is 52.9 Å². The van der Waals surface area contributed by atoms with E-state index in [2.05, 4.69) is 15.3 Å². The molecule has 4 aromatic rings. The molecule has 32 heavy (non-hydrogen) atoms. The van der Waals surface area contributed by atoms with Crippen LogP contribution in [-0.2, 0) is 6.18 Å². The molecule has 0 saturated carbocycles. The molecule has 2 aromatic heterocycles. The van der Waals surface area contributed by atoms with E-state index in [1.807, 2.05) is 0 Å². The minimum absolute atomic E-state index is 0.0155. The summed E-state index contributed by atoms with van der Waals surface area (Å²) in [6.07, 6.45) is -3.05. The zero-order valence-electron chi connectivity index (χ0n) is 16.0. The number of rotatable bonds is 3. The van der Waals surface area contributed by atoms with Crippen molar-refractivity contribution in [3.63, 3.8) is 0 Å². The summed E-state index contributed by atoms with van der Waals surface area (Å²) in [7, 11) is 0. The zero-order chi connectivity index (χ0) is 22.6. The number of thiophene rings is 1. The van der Waals surface area contributed by atoms with Crippen molar-refractivity contribution in [2.24, 2.45) is 0 Å². The molecule has 0 spiro atoms. The van der Waals surface area contributed by atoms with Crippen molar-refractivity contribution in [2.75, 3.05) is 11.4 Å². The van der Waals surface area contributed by atoms with Crippen LogP contribution in [0.5, 0.6) is 0 Å². The van der Waals surface area contributed by atoms with Crippen molar-refractivity contribution >= 4 is 34.1 Å². The first-order chi connectivity index (χ1) is 15.2. The minimum atomic E-state index is -4.54. The highest BCUT2D eigenvalue weighted by atomic mass is 32.1. The Hall–Kier alpha value is -3.47. The number of halogens is 5. The Morgan fingerprint density at radius 2 is 1.81 bits per heavy atom. The average Bonchev–Trinajstić information content (AvgIpc) is 3.46. The lowest BCUT2D eigenvalue weighted by atomic mass is 9.99. The van der Waals surface area contributed by atoms with Gasteiger partial charge in [0.05, 0.1) is 23.4 Å². The van der Waals surface area contributed by atoms with Crippen molar-refractivity contribution in [3.8, 4) is 11.1 Å². The SMILES string of the molecule is O=C1NCC(c2c(F)cc(-c3csc(C(F)(F)F)c3)cc2F)N1c1ccc2nc[nH]c2c1. The number of amides is 2. The van der Waals surface area contributed by atoms with Crippen LogP contribution in [0.15, 0.2) is 48.1 Å². The molecule has 5 rings (SSSR count). The molecule has 2 N–H and O–H groups in total. The Bertz CT molecular complexity index is 1320. The van der Waals surface area contributed by atoms with Gasteiger partial charge in [0.1, 0.15) is 16.5 Å². The highest BCUT2D eigenvalue weighted by Gasteiger charge is 2.37. The third kappa shape index (κ3) is 3.38. The summed E-state index contributed by atoms with van der Waals surface area (Å²) in [6, 6.07) is 6.26. The van der Waals surface area contributed by atoms with E-state index in [9.17, 15) is 18.0 Å². The second-order valence-corrected chi connectivity index (χ2v) is 8.14. The summed E-state index contributed by atoms with van der Waals surface area (Å²) >= 11 is 0.451. The fourth-order valence-corrected chi connectivity index (χ4v) is 4.60. The van der Waals surface area contributed by atoms with Crippen LogP contribution >= 0.6 is 11.3 Å². The molecule has 2 aromatic carbocycles. The quantitative estimate of drug-likeness (QED) is 0.373. The number of carbonyl (C=O) groups excluding carboxylic acids is 1. The molecule has 0 radical (unpaired) electrons. The third-order valence-electron chi connectivity index (χ3n) is 5.28. The molecular weight excluding hydrogens is 451 g/mol. The van der Waals surface area contributed by atoms with Crippen molar-refractivity contribution in [2.45, 2.75) is 12.2 Å². The minimum Gasteiger partial charge on any atom is -0.345 e. The maximum absolute atomic E-state index is 15.1. The maximum Gasteiger partial charge on any atom is 0.425 e. The Morgan fingerprint density at radius 1 is 1.06 bits per heavy atom. The number of urea groups is 1. The Morgan fingerprint density at radius 3 is 2.50 bits per heavy atom. The van der Waals surface area contributed by atoms with Crippen molar-refractivity contribution in [1.82, 2.24) is 15.3 Å². The predicted molar refractivity (Wildman–Crippen MR) is 109 cm³/mol. The summed E-state index contributed by atoms with van der Waals surface area (Å²) < 4.78 is 68.8. The first-order valence-electron chi connectivity index (χ1n) is 9.37. The van der Waals surface area contributed by atoms with Crippen LogP contribution < -0.4 is 10.2 Å². The highest BCUT2D eigenvalue weighted by Crippen LogP contribution is 2.39. The van der Waals surface area contributed by atoms with Gasteiger partial charge in [-0.1, -0.05) is 0 Å². The number of fused-ring (bicyclic) bond motifs is 1. The van der Waals surface area contributed by atoms with Gasteiger partial charge in [0.25, 0.3) is 0 Å². The largest absolute Gasteiger partial charge is 0.425 e. The molecule has 0 bridgehead atoms. The van der Waals surface area contributed by atoms with E-state index in [0.717, 1.165) is 18.2 Å². The standard InChI is InChI=1S/C21H13F5N4OS/c22-13-3-10(11-5-18(32-8-11)21(24,25)26)4-14(23)19(13)17-7-27-20(31)30(17)12-1-2-15-16(6-12)29-9-28-15/h1-6,8-9,17H,7H2,(H,27,31)(H,28,29). The van der Waals surface area contributed by atoms with Crippen molar-refractivity contribution < 1.29 is 26.7 Å². The van der Waals surface area contributed by atoms with Crippen molar-refractivity contribution in [3.05, 3.63) is 70.2 Å². The van der Waals surface area contributed by atoms with Crippen LogP contribution in [0.3, 0.4) is 0 Å². The number of H-pyrrole nitrogens is 1. The van der Waals surface area contributed by atoms with Gasteiger partial charge in [0.15, 0.2) is 0 Å². The number of nitrogens with one attached hydrogen (secondary N) is 2. The molecule has 1 aliphatic heterocycles. The van der Waals surface area contributed by atoms with Gasteiger partial charge in [-0.15, -0.1) is 11.3 Å². The Labute approximate surface area is 181 Å². The second-order valence-electron chi connectivity index (χ2n) is 7.23. The van der Waals surface area contributed by atoms with Crippen LogP contribution in [0, 0.1) is 11.6 Å². The normalized spacial score (nSPS) is 16.7. The fraction of sp³-hybridized carbons (Fsp3) is 0.143. The van der Waals surface area contributed by atoms with E-state index >= 15 is 8.78 Å². The topological polar surface area (TPSA) is 61.0 Å². The van der Waals surface area contributed by atoms with Gasteiger partial charge in [-0.25, -0.2) is 18.6 Å². The summed E-state index contributed by atoms with van der Waals surface area (Å²) in [5.41, 5.74) is 1.43. The molecule has 1 aliphatic rings. The second kappa shape index (κ2) is 7.30. The van der Waals surface area contributed by atoms with Crippen LogP contribution in [0.2, 0.25) is 0 Å². The molecule has 11 heteroatoms. The molecule has 0 aliphatic carbocycles. The van der Waals surface area contributed by atoms with Gasteiger partial charge in [-0.3, -0.25) is 4.90 Å². The van der Waals surface area contributed by atoms with E-state index in [1.165, 1.54) is 16.6 Å². The van der Waals surface area contributed by atoms with E-state index in [1.54, 1.807) is 18.2 Å². The Balaban J connectivity index is 1.53. The number of carbonyl (C=O) groups is 1. The van der Waals surface area contributed by atoms with Crippen LogP contribution in [-0.4, -0.2) is 22.5 Å². The molecule has 2 amide bonds. The lowest BCUT2D eigenvalue weighted by molar-refractivity contribution is -0.134. The van der Waals surface area contributed by atoms with Gasteiger partial charge in [0.2, 0.25) is 0 Å². The van der Waals surface area contributed by atoms with Crippen LogP contribution in [0.25, 0.3) is 22.2 Å². The monoisotopic (exact) mass is 464 g/mol. The molecule has 3 heterocycles. The summed E-state index contributed by atoms with van der Waals surface area (Å²) in [5.74, 6) is -1.90. The number of hydrogen-bond donors (Lipinski definition) is 2. The maximum atomic E-state index is 15.1. The van der Waals surface area contributed by atoms with Gasteiger partial charge >= 0.3 is 12.2 Å². The van der Waals surface area contributed by atoms with Crippen LogP contribution in [0.1, 0.15) is 16.5 Å². The summed E-state index contributed by atoms with van der Waals surface area (Å²) in [6.45, 7) is -0.0380. The lowest BCUT2D eigenvalue weighted by Crippen LogP contribution is -2.30. The molecular formula is C21H13F5N4OS. The van der Waals surface area contributed by atoms with E-state index in [-0.39, 0.29) is 23.2 Å². The Kier molecular flexibility index (Phi) is 4.66. The number of imidazole rings is 1. The van der Waals surface area contributed by atoms with Gasteiger partial charge < -0.3 is 10.3 Å². The van der Waals surface area contributed by atoms with Crippen LogP contribution in [0.4, 0.5) is 32.4 Å². The fourth-order valence-electron chi connectivity index (χ4n) is 3.81. The predicted octanol–water partition coefficient (Wildman–Crippen LogP) is 5.86. The first-order valence-corrected chi connectivity index (χ1v) is 10.3. The molecule has 5 nitrogen and oxygen atoms in total. The third-order valence-corrected chi connectivity index (χ3v) is 6.26. The van der Waals surface area contributed by atoms with E-state index < -0.39 is 34.8 Å². The zero-order valence-corrected chi connectivity index (χ0v) is 16.8. The number of benzene rings is 2. The van der Waals surface area contributed by atoms with E-state index in [0.29, 0.717) is 28.1 Å². The van der Waals surface area contributed by atoms with Crippen molar-refractivity contribution in [1.29, 1.82) is 0 Å². The first kappa shape index (κ1) is 20.4. The number of nitrogens with zero attached hydrogens (tertiary/aromatic N) is 2. The summed E-state index contributed by atoms with van der Waals surface area (Å²) in [5, 5.41) is 3.78. The molecule has 1 atom stereocenters. The number of aromatic amines is 1. The average molecular weight is 464 g/mol. The van der Waals surface area contributed by atoms with E-state index in [4.69, 9.17) is 0 Å². The number of aromatic nitrogens is 2. The molecule has 164 valence electrons. The molecule has 1 fully saturated rings. The highest BCUT2D eigenvalue weighted by molar-refractivity contribution is 7.10. The summed E-state index contributed by atoms with van der Waals surface area (Å²) in [4.78, 5) is 19.9. The molecule has 1 unspecified atom stereocenters. The number of hydrogen-bond acceptors (Lipinski definition) is 3. The van der Waals surface area contributed by atoms with Gasteiger partial charge in [-0.2, -0.15) is 13.2 Å². The number of alkyl halides is 3. The smallest absolute Gasteiger partial charge is 0.345 e. The lowest BCUT2D eigenvalue weighted by Gasteiger charge is -2.24. The molecule has 1 saturated heterocycles.